The molecule has 2 saturated heterocycles. The van der Waals surface area contributed by atoms with Crippen LogP contribution in [0.5, 0.6) is 0 Å². The third-order valence-electron chi connectivity index (χ3n) is 7.67. The van der Waals surface area contributed by atoms with E-state index in [1.165, 1.54) is 6.08 Å². The lowest BCUT2D eigenvalue weighted by atomic mass is 9.80. The molecule has 3 heterocycles. The standard InChI is InChI=1S/C26H35FN4O6/c1-14-16(11-19-18-12-17(27)3-4-20(18)29-24(19)33)13-28-15(2)23(14)25(34)30-21(26(35)36)5-6-22(32)31-7-9-37-10-8-31/h3-4,18-19,21,24,28-29,33H,5-13H2,1-2H3,(H,30,34)(H,35,36). The topological polar surface area (TPSA) is 140 Å². The van der Waals surface area contributed by atoms with Crippen LogP contribution in [0.4, 0.5) is 4.39 Å². The minimum atomic E-state index is -1.22. The molecule has 1 aliphatic carbocycles. The molecule has 2 amide bonds. The summed E-state index contributed by atoms with van der Waals surface area (Å²) in [5, 5.41) is 29.1. The van der Waals surface area contributed by atoms with Crippen LogP contribution in [0.25, 0.3) is 0 Å². The van der Waals surface area contributed by atoms with Gasteiger partial charge in [0, 0.05) is 55.7 Å². The third kappa shape index (κ3) is 6.04. The number of ether oxygens (including phenoxy) is 1. The van der Waals surface area contributed by atoms with E-state index in [4.69, 9.17) is 4.74 Å². The molecule has 202 valence electrons. The average Bonchev–Trinajstić information content (AvgIpc) is 3.17. The first kappa shape index (κ1) is 26.9. The number of nitrogens with one attached hydrogen (secondary N) is 3. The van der Waals surface area contributed by atoms with Crippen LogP contribution in [0.15, 0.2) is 46.1 Å². The summed E-state index contributed by atoms with van der Waals surface area (Å²) >= 11 is 0. The van der Waals surface area contributed by atoms with Crippen molar-refractivity contribution in [3.05, 3.63) is 46.1 Å². The fraction of sp³-hybridized carbons (Fsp3) is 0.577. The van der Waals surface area contributed by atoms with Gasteiger partial charge in [-0.3, -0.25) is 9.59 Å². The number of carboxylic acids is 1. The molecule has 0 aromatic rings. The summed E-state index contributed by atoms with van der Waals surface area (Å²) < 4.78 is 19.2. The van der Waals surface area contributed by atoms with Crippen LogP contribution in [0.1, 0.15) is 39.5 Å². The van der Waals surface area contributed by atoms with E-state index in [9.17, 15) is 29.0 Å². The molecule has 0 bridgehead atoms. The number of nitrogens with zero attached hydrogens (tertiary/aromatic N) is 1. The Kier molecular flexibility index (Phi) is 8.33. The molecule has 0 saturated carbocycles. The van der Waals surface area contributed by atoms with Crippen LogP contribution in [0, 0.1) is 11.8 Å². The Morgan fingerprint density at radius 2 is 1.97 bits per heavy atom. The highest BCUT2D eigenvalue weighted by molar-refractivity contribution is 6.00. The van der Waals surface area contributed by atoms with Crippen molar-refractivity contribution in [2.24, 2.45) is 11.8 Å². The van der Waals surface area contributed by atoms with Gasteiger partial charge in [0.25, 0.3) is 5.91 Å². The highest BCUT2D eigenvalue weighted by Crippen LogP contribution is 2.41. The summed E-state index contributed by atoms with van der Waals surface area (Å²) in [5.74, 6) is -2.59. The van der Waals surface area contributed by atoms with Crippen LogP contribution in [-0.2, 0) is 19.1 Å². The number of aliphatic hydroxyl groups is 1. The minimum Gasteiger partial charge on any atom is -0.480 e. The lowest BCUT2D eigenvalue weighted by Gasteiger charge is -2.29. The fourth-order valence-electron chi connectivity index (χ4n) is 5.48. The highest BCUT2D eigenvalue weighted by Gasteiger charge is 2.41. The molecule has 3 aliphatic heterocycles. The van der Waals surface area contributed by atoms with Crippen LogP contribution >= 0.6 is 0 Å². The van der Waals surface area contributed by atoms with E-state index in [-0.39, 0.29) is 42.8 Å². The second-order valence-electron chi connectivity index (χ2n) is 9.98. The first-order valence-corrected chi connectivity index (χ1v) is 12.7. The molecule has 4 unspecified atom stereocenters. The maximum atomic E-state index is 13.9. The first-order chi connectivity index (χ1) is 17.7. The zero-order valence-corrected chi connectivity index (χ0v) is 21.2. The molecule has 4 aliphatic rings. The van der Waals surface area contributed by atoms with Gasteiger partial charge in [0.15, 0.2) is 0 Å². The van der Waals surface area contributed by atoms with E-state index < -0.39 is 24.1 Å². The smallest absolute Gasteiger partial charge is 0.326 e. The number of carboxylic acid groups (broad SMARTS) is 1. The van der Waals surface area contributed by atoms with E-state index >= 15 is 0 Å². The van der Waals surface area contributed by atoms with Crippen LogP contribution in [-0.4, -0.2) is 78.0 Å². The van der Waals surface area contributed by atoms with Gasteiger partial charge in [0.1, 0.15) is 18.1 Å². The molecule has 0 radical (unpaired) electrons. The summed E-state index contributed by atoms with van der Waals surface area (Å²) in [6, 6.07) is -1.22. The second-order valence-corrected chi connectivity index (χ2v) is 9.98. The Labute approximate surface area is 215 Å². The Morgan fingerprint density at radius 1 is 1.24 bits per heavy atom. The predicted octanol–water partition coefficient (Wildman–Crippen LogP) is 1.07. The largest absolute Gasteiger partial charge is 0.480 e. The predicted molar refractivity (Wildman–Crippen MR) is 132 cm³/mol. The van der Waals surface area contributed by atoms with Crippen molar-refractivity contribution < 1.29 is 33.7 Å². The molecule has 11 heteroatoms. The molecule has 2 fully saturated rings. The van der Waals surface area contributed by atoms with E-state index in [0.717, 1.165) is 11.3 Å². The molecular weight excluding hydrogens is 483 g/mol. The number of halogens is 1. The number of fused-ring (bicyclic) bond motifs is 1. The van der Waals surface area contributed by atoms with Gasteiger partial charge in [-0.25, -0.2) is 9.18 Å². The summed E-state index contributed by atoms with van der Waals surface area (Å²) in [7, 11) is 0. The highest BCUT2D eigenvalue weighted by atomic mass is 19.1. The monoisotopic (exact) mass is 518 g/mol. The minimum absolute atomic E-state index is 0.00239. The van der Waals surface area contributed by atoms with Crippen molar-refractivity contribution >= 4 is 17.8 Å². The molecule has 4 rings (SSSR count). The van der Waals surface area contributed by atoms with Crippen molar-refractivity contribution in [3.63, 3.8) is 0 Å². The number of hydrogen-bond acceptors (Lipinski definition) is 7. The van der Waals surface area contributed by atoms with Crippen LogP contribution < -0.4 is 16.0 Å². The maximum Gasteiger partial charge on any atom is 0.326 e. The summed E-state index contributed by atoms with van der Waals surface area (Å²) in [6.07, 6.45) is 2.87. The molecule has 0 spiro atoms. The normalized spacial score (nSPS) is 26.5. The van der Waals surface area contributed by atoms with E-state index in [0.29, 0.717) is 56.1 Å². The zero-order valence-electron chi connectivity index (χ0n) is 21.2. The van der Waals surface area contributed by atoms with Crippen molar-refractivity contribution in [3.8, 4) is 0 Å². The number of amides is 2. The third-order valence-corrected chi connectivity index (χ3v) is 7.67. The number of aliphatic hydroxyl groups excluding tert-OH is 1. The average molecular weight is 519 g/mol. The van der Waals surface area contributed by atoms with E-state index in [2.05, 4.69) is 16.0 Å². The van der Waals surface area contributed by atoms with Crippen molar-refractivity contribution in [1.29, 1.82) is 0 Å². The van der Waals surface area contributed by atoms with Crippen molar-refractivity contribution in [2.45, 2.75) is 51.8 Å². The number of carbonyl (C=O) groups excluding carboxylic acids is 2. The maximum absolute atomic E-state index is 13.9. The SMILES string of the molecule is CC1=C(C(=O)NC(CCC(=O)N2CCOCC2)C(=O)O)C(C)=C(CC2C(O)NC3=CC=C(F)CC32)CN1. The number of carbonyl (C=O) groups is 3. The van der Waals surface area contributed by atoms with E-state index in [1.54, 1.807) is 24.8 Å². The molecule has 4 atom stereocenters. The number of morpholine rings is 1. The quantitative estimate of drug-likeness (QED) is 0.322. The van der Waals surface area contributed by atoms with Gasteiger partial charge in [-0.15, -0.1) is 0 Å². The Hall–Kier alpha value is -3.18. The van der Waals surface area contributed by atoms with Gasteiger partial charge in [-0.05, 0) is 50.0 Å². The molecular formula is C26H35FN4O6. The summed E-state index contributed by atoms with van der Waals surface area (Å²) in [5.41, 5.74) is 3.37. The molecule has 0 aromatic carbocycles. The van der Waals surface area contributed by atoms with Crippen molar-refractivity contribution in [2.75, 3.05) is 32.8 Å². The lowest BCUT2D eigenvalue weighted by Crippen LogP contribution is -2.45. The van der Waals surface area contributed by atoms with E-state index in [1.807, 2.05) is 0 Å². The first-order valence-electron chi connectivity index (χ1n) is 12.7. The number of aliphatic carboxylic acids is 1. The summed E-state index contributed by atoms with van der Waals surface area (Å²) in [6.45, 7) is 5.88. The number of hydrogen-bond donors (Lipinski definition) is 5. The zero-order chi connectivity index (χ0) is 26.7. The Balaban J connectivity index is 1.43. The molecule has 5 N–H and O–H groups in total. The fourth-order valence-corrected chi connectivity index (χ4v) is 5.48. The number of dihydropyridines is 1. The van der Waals surface area contributed by atoms with Gasteiger partial charge < -0.3 is 35.8 Å². The lowest BCUT2D eigenvalue weighted by molar-refractivity contribution is -0.142. The number of allylic oxidation sites excluding steroid dienone is 5. The van der Waals surface area contributed by atoms with Gasteiger partial charge >= 0.3 is 5.97 Å². The van der Waals surface area contributed by atoms with Gasteiger partial charge in [-0.1, -0.05) is 0 Å². The van der Waals surface area contributed by atoms with Crippen LogP contribution in [0.2, 0.25) is 0 Å². The molecule has 37 heavy (non-hydrogen) atoms. The summed E-state index contributed by atoms with van der Waals surface area (Å²) in [4.78, 5) is 39.2. The van der Waals surface area contributed by atoms with Crippen molar-refractivity contribution in [1.82, 2.24) is 20.9 Å². The Morgan fingerprint density at radius 3 is 2.68 bits per heavy atom. The second kappa shape index (κ2) is 11.5. The molecule has 0 aromatic heterocycles. The van der Waals surface area contributed by atoms with Gasteiger partial charge in [0.2, 0.25) is 5.91 Å². The van der Waals surface area contributed by atoms with Gasteiger partial charge in [0.05, 0.1) is 18.8 Å². The van der Waals surface area contributed by atoms with Crippen LogP contribution in [0.3, 0.4) is 0 Å². The molecule has 10 nitrogen and oxygen atoms in total. The number of rotatable bonds is 8. The van der Waals surface area contributed by atoms with Gasteiger partial charge in [-0.2, -0.15) is 0 Å². The Bertz CT molecular complexity index is 1070.